The molecule has 0 aliphatic carbocycles. The van der Waals surface area contributed by atoms with E-state index in [9.17, 15) is 4.79 Å². The summed E-state index contributed by atoms with van der Waals surface area (Å²) in [5.41, 5.74) is 2.80. The van der Waals surface area contributed by atoms with Crippen molar-refractivity contribution >= 4 is 17.2 Å². The first-order valence-corrected chi connectivity index (χ1v) is 8.52. The number of amides is 1. The number of aryl methyl sites for hydroxylation is 1. The third kappa shape index (κ3) is 3.36. The zero-order valence-corrected chi connectivity index (χ0v) is 13.8. The standard InChI is InChI=1S/C17H21N3OS/c1-12-11-22-17(19-12)14-7-5-13(6-8-14)16(21)18-10-15-4-3-9-20(15)2/h5-8,11,15H,3-4,9-10H2,1-2H3,(H,18,21)/t15-/m0/s1. The Balaban J connectivity index is 1.61. The highest BCUT2D eigenvalue weighted by Gasteiger charge is 2.21. The summed E-state index contributed by atoms with van der Waals surface area (Å²) >= 11 is 1.63. The van der Waals surface area contributed by atoms with Crippen molar-refractivity contribution in [3.05, 3.63) is 40.9 Å². The molecule has 1 aliphatic heterocycles. The molecule has 0 saturated carbocycles. The van der Waals surface area contributed by atoms with E-state index in [4.69, 9.17) is 0 Å². The molecule has 0 bridgehead atoms. The quantitative estimate of drug-likeness (QED) is 0.943. The molecule has 1 N–H and O–H groups in total. The minimum Gasteiger partial charge on any atom is -0.350 e. The summed E-state index contributed by atoms with van der Waals surface area (Å²) < 4.78 is 0. The van der Waals surface area contributed by atoms with Crippen molar-refractivity contribution in [2.24, 2.45) is 0 Å². The lowest BCUT2D eigenvalue weighted by Crippen LogP contribution is -2.38. The van der Waals surface area contributed by atoms with Crippen LogP contribution in [-0.4, -0.2) is 42.0 Å². The van der Waals surface area contributed by atoms with Gasteiger partial charge in [0, 0.05) is 34.8 Å². The molecule has 3 rings (SSSR count). The molecule has 5 heteroatoms. The Morgan fingerprint density at radius 2 is 2.18 bits per heavy atom. The number of carbonyl (C=O) groups excluding carboxylic acids is 1. The van der Waals surface area contributed by atoms with Crippen LogP contribution in [0.4, 0.5) is 0 Å². The second-order valence-electron chi connectivity index (χ2n) is 5.86. The largest absolute Gasteiger partial charge is 0.350 e. The Hall–Kier alpha value is -1.72. The molecule has 1 fully saturated rings. The van der Waals surface area contributed by atoms with E-state index in [1.165, 1.54) is 12.8 Å². The summed E-state index contributed by atoms with van der Waals surface area (Å²) in [6, 6.07) is 8.16. The number of hydrogen-bond acceptors (Lipinski definition) is 4. The van der Waals surface area contributed by atoms with E-state index in [2.05, 4.69) is 22.2 Å². The van der Waals surface area contributed by atoms with Crippen LogP contribution < -0.4 is 5.32 Å². The maximum Gasteiger partial charge on any atom is 0.251 e. The van der Waals surface area contributed by atoms with Gasteiger partial charge >= 0.3 is 0 Å². The Bertz CT molecular complexity index is 650. The molecule has 1 aliphatic rings. The summed E-state index contributed by atoms with van der Waals surface area (Å²) in [5.74, 6) is 0.00201. The number of thiazole rings is 1. The molecule has 0 radical (unpaired) electrons. The predicted molar refractivity (Wildman–Crippen MR) is 90.3 cm³/mol. The molecule has 1 aromatic carbocycles. The molecule has 1 aromatic heterocycles. The van der Waals surface area contributed by atoms with Crippen LogP contribution in [0.5, 0.6) is 0 Å². The van der Waals surface area contributed by atoms with E-state index in [1.807, 2.05) is 36.6 Å². The van der Waals surface area contributed by atoms with Gasteiger partial charge in [-0.1, -0.05) is 12.1 Å². The number of nitrogens with one attached hydrogen (secondary N) is 1. The van der Waals surface area contributed by atoms with Crippen LogP contribution in [0.25, 0.3) is 10.6 Å². The molecular weight excluding hydrogens is 294 g/mol. The molecule has 2 heterocycles. The number of aromatic nitrogens is 1. The van der Waals surface area contributed by atoms with Crippen LogP contribution in [-0.2, 0) is 0 Å². The fourth-order valence-corrected chi connectivity index (χ4v) is 3.60. The van der Waals surface area contributed by atoms with Crippen LogP contribution in [0.3, 0.4) is 0 Å². The maximum atomic E-state index is 12.2. The summed E-state index contributed by atoms with van der Waals surface area (Å²) in [6.45, 7) is 3.84. The first-order chi connectivity index (χ1) is 10.6. The SMILES string of the molecule is Cc1csc(-c2ccc(C(=O)NC[C@@H]3CCCN3C)cc2)n1. The Morgan fingerprint density at radius 3 is 2.77 bits per heavy atom. The minimum absolute atomic E-state index is 0.00201. The van der Waals surface area contributed by atoms with Gasteiger partial charge in [-0.2, -0.15) is 0 Å². The second-order valence-corrected chi connectivity index (χ2v) is 6.72. The van der Waals surface area contributed by atoms with Crippen LogP contribution in [0.2, 0.25) is 0 Å². The van der Waals surface area contributed by atoms with Gasteiger partial charge in [0.15, 0.2) is 0 Å². The molecule has 0 unspecified atom stereocenters. The van der Waals surface area contributed by atoms with E-state index >= 15 is 0 Å². The van der Waals surface area contributed by atoms with Crippen molar-refractivity contribution in [3.63, 3.8) is 0 Å². The Kier molecular flexibility index (Phi) is 4.55. The van der Waals surface area contributed by atoms with Gasteiger partial charge in [0.1, 0.15) is 5.01 Å². The Morgan fingerprint density at radius 1 is 1.41 bits per heavy atom. The van der Waals surface area contributed by atoms with E-state index < -0.39 is 0 Å². The average Bonchev–Trinajstić information content (AvgIpc) is 3.13. The molecule has 2 aromatic rings. The van der Waals surface area contributed by atoms with E-state index in [-0.39, 0.29) is 5.91 Å². The smallest absolute Gasteiger partial charge is 0.251 e. The summed E-state index contributed by atoms with van der Waals surface area (Å²) in [4.78, 5) is 19.0. The first kappa shape index (κ1) is 15.2. The summed E-state index contributed by atoms with van der Waals surface area (Å²) in [5, 5.41) is 6.07. The third-order valence-electron chi connectivity index (χ3n) is 4.18. The predicted octanol–water partition coefficient (Wildman–Crippen LogP) is 2.94. The molecule has 4 nitrogen and oxygen atoms in total. The normalized spacial score (nSPS) is 18.5. The fourth-order valence-electron chi connectivity index (χ4n) is 2.80. The Labute approximate surface area is 135 Å². The van der Waals surface area contributed by atoms with Crippen molar-refractivity contribution in [2.75, 3.05) is 20.1 Å². The number of carbonyl (C=O) groups is 1. The highest BCUT2D eigenvalue weighted by molar-refractivity contribution is 7.13. The number of nitrogens with zero attached hydrogens (tertiary/aromatic N) is 2. The van der Waals surface area contributed by atoms with Crippen molar-refractivity contribution in [3.8, 4) is 10.6 Å². The summed E-state index contributed by atoms with van der Waals surface area (Å²) in [7, 11) is 2.12. The van der Waals surface area contributed by atoms with Crippen LogP contribution >= 0.6 is 11.3 Å². The van der Waals surface area contributed by atoms with Gasteiger partial charge in [-0.05, 0) is 45.5 Å². The van der Waals surface area contributed by atoms with Gasteiger partial charge in [-0.15, -0.1) is 11.3 Å². The lowest BCUT2D eigenvalue weighted by atomic mass is 10.1. The zero-order valence-electron chi connectivity index (χ0n) is 13.0. The topological polar surface area (TPSA) is 45.2 Å². The van der Waals surface area contributed by atoms with Crippen molar-refractivity contribution in [1.82, 2.24) is 15.2 Å². The first-order valence-electron chi connectivity index (χ1n) is 7.64. The van der Waals surface area contributed by atoms with E-state index in [0.29, 0.717) is 11.6 Å². The summed E-state index contributed by atoms with van der Waals surface area (Å²) in [6.07, 6.45) is 2.39. The number of hydrogen-bond donors (Lipinski definition) is 1. The van der Waals surface area contributed by atoms with Gasteiger partial charge in [0.05, 0.1) is 0 Å². The third-order valence-corrected chi connectivity index (χ3v) is 5.19. The van der Waals surface area contributed by atoms with E-state index in [0.717, 1.165) is 29.4 Å². The molecule has 1 atom stereocenters. The lowest BCUT2D eigenvalue weighted by Gasteiger charge is -2.19. The maximum absolute atomic E-state index is 12.2. The van der Waals surface area contributed by atoms with Crippen LogP contribution in [0.1, 0.15) is 28.9 Å². The zero-order chi connectivity index (χ0) is 15.5. The monoisotopic (exact) mass is 315 g/mol. The second kappa shape index (κ2) is 6.58. The number of benzene rings is 1. The van der Waals surface area contributed by atoms with Crippen molar-refractivity contribution in [1.29, 1.82) is 0 Å². The molecule has 1 amide bonds. The minimum atomic E-state index is 0.00201. The van der Waals surface area contributed by atoms with Gasteiger partial charge in [0.2, 0.25) is 0 Å². The molecule has 1 saturated heterocycles. The molecular formula is C17H21N3OS. The number of likely N-dealkylation sites (tertiary alicyclic amines) is 1. The van der Waals surface area contributed by atoms with Crippen LogP contribution in [0, 0.1) is 6.92 Å². The molecule has 22 heavy (non-hydrogen) atoms. The average molecular weight is 315 g/mol. The van der Waals surface area contributed by atoms with Crippen molar-refractivity contribution < 1.29 is 4.79 Å². The van der Waals surface area contributed by atoms with Gasteiger partial charge in [0.25, 0.3) is 5.91 Å². The van der Waals surface area contributed by atoms with Gasteiger partial charge in [-0.3, -0.25) is 4.79 Å². The van der Waals surface area contributed by atoms with Crippen LogP contribution in [0.15, 0.2) is 29.6 Å². The fraction of sp³-hybridized carbons (Fsp3) is 0.412. The molecule has 116 valence electrons. The highest BCUT2D eigenvalue weighted by atomic mass is 32.1. The lowest BCUT2D eigenvalue weighted by molar-refractivity contribution is 0.0943. The van der Waals surface area contributed by atoms with Gasteiger partial charge < -0.3 is 10.2 Å². The molecule has 0 spiro atoms. The van der Waals surface area contributed by atoms with Crippen molar-refractivity contribution in [2.45, 2.75) is 25.8 Å². The van der Waals surface area contributed by atoms with Gasteiger partial charge in [-0.25, -0.2) is 4.98 Å². The highest BCUT2D eigenvalue weighted by Crippen LogP contribution is 2.23. The number of likely N-dealkylation sites (N-methyl/N-ethyl adjacent to an activating group) is 1. The number of rotatable bonds is 4. The van der Waals surface area contributed by atoms with E-state index in [1.54, 1.807) is 11.3 Å².